The number of halogens is 1. The molecule has 0 aromatic heterocycles. The predicted octanol–water partition coefficient (Wildman–Crippen LogP) is -0.278. The first-order chi connectivity index (χ1) is 8.19. The summed E-state index contributed by atoms with van der Waals surface area (Å²) < 4.78 is 0. The van der Waals surface area contributed by atoms with E-state index in [1.807, 2.05) is 0 Å². The van der Waals surface area contributed by atoms with Crippen molar-refractivity contribution < 1.29 is 10.2 Å². The molecule has 0 saturated carbocycles. The van der Waals surface area contributed by atoms with Crippen molar-refractivity contribution in [2.24, 2.45) is 0 Å². The van der Waals surface area contributed by atoms with Gasteiger partial charge in [0, 0.05) is 18.8 Å². The number of aliphatic hydroxyl groups is 2. The summed E-state index contributed by atoms with van der Waals surface area (Å²) in [6.45, 7) is 0.700. The van der Waals surface area contributed by atoms with E-state index in [2.05, 4.69) is 10.9 Å². The SMILES string of the molecule is Nc1ccc(N(NCCO)NCCO)c(Cl)c1. The number of aliphatic hydroxyl groups excluding tert-OH is 2. The van der Waals surface area contributed by atoms with Gasteiger partial charge < -0.3 is 15.9 Å². The average Bonchev–Trinajstić information content (AvgIpc) is 2.30. The molecule has 0 saturated heterocycles. The van der Waals surface area contributed by atoms with Gasteiger partial charge in [0.25, 0.3) is 0 Å². The van der Waals surface area contributed by atoms with Gasteiger partial charge in [0.1, 0.15) is 0 Å². The summed E-state index contributed by atoms with van der Waals surface area (Å²) in [7, 11) is 0. The number of hydrazine groups is 2. The van der Waals surface area contributed by atoms with Crippen LogP contribution >= 0.6 is 11.6 Å². The number of benzene rings is 1. The van der Waals surface area contributed by atoms with Crippen LogP contribution in [0.4, 0.5) is 11.4 Å². The van der Waals surface area contributed by atoms with Gasteiger partial charge in [0.05, 0.1) is 23.9 Å². The minimum atomic E-state index is -0.0100. The lowest BCUT2D eigenvalue weighted by molar-refractivity contribution is 0.272. The highest BCUT2D eigenvalue weighted by molar-refractivity contribution is 6.33. The first-order valence-electron chi connectivity index (χ1n) is 5.23. The fourth-order valence-corrected chi connectivity index (χ4v) is 1.53. The summed E-state index contributed by atoms with van der Waals surface area (Å²) in [5.41, 5.74) is 12.7. The lowest BCUT2D eigenvalue weighted by atomic mass is 10.3. The Morgan fingerprint density at radius 2 is 1.76 bits per heavy atom. The molecule has 17 heavy (non-hydrogen) atoms. The zero-order chi connectivity index (χ0) is 12.7. The number of nitrogens with one attached hydrogen (secondary N) is 2. The number of nitrogens with two attached hydrogens (primary N) is 1. The molecule has 0 atom stereocenters. The van der Waals surface area contributed by atoms with Crippen molar-refractivity contribution in [1.29, 1.82) is 0 Å². The van der Waals surface area contributed by atoms with Gasteiger partial charge in [-0.2, -0.15) is 0 Å². The van der Waals surface area contributed by atoms with Gasteiger partial charge in [-0.05, 0) is 18.2 Å². The van der Waals surface area contributed by atoms with E-state index in [9.17, 15) is 0 Å². The molecule has 7 heteroatoms. The lowest BCUT2D eigenvalue weighted by Crippen LogP contribution is -2.50. The number of nitrogens with zero attached hydrogens (tertiary/aromatic N) is 1. The molecule has 6 nitrogen and oxygen atoms in total. The van der Waals surface area contributed by atoms with E-state index >= 15 is 0 Å². The first kappa shape index (κ1) is 14.0. The maximum absolute atomic E-state index is 8.78. The van der Waals surface area contributed by atoms with Gasteiger partial charge in [-0.15, -0.1) is 0 Å². The fourth-order valence-electron chi connectivity index (χ4n) is 1.25. The van der Waals surface area contributed by atoms with Crippen LogP contribution in [-0.2, 0) is 0 Å². The summed E-state index contributed by atoms with van der Waals surface area (Å²) >= 11 is 6.06. The summed E-state index contributed by atoms with van der Waals surface area (Å²) in [4.78, 5) is 0. The Hall–Kier alpha value is -1.05. The van der Waals surface area contributed by atoms with Crippen molar-refractivity contribution in [3.8, 4) is 0 Å². The Morgan fingerprint density at radius 1 is 1.18 bits per heavy atom. The molecule has 1 rings (SSSR count). The highest BCUT2D eigenvalue weighted by Gasteiger charge is 2.09. The predicted molar refractivity (Wildman–Crippen MR) is 68.5 cm³/mol. The Kier molecular flexibility index (Phi) is 6.03. The molecule has 0 aliphatic carbocycles. The van der Waals surface area contributed by atoms with Crippen LogP contribution in [0.25, 0.3) is 0 Å². The highest BCUT2D eigenvalue weighted by atomic mass is 35.5. The zero-order valence-electron chi connectivity index (χ0n) is 9.36. The van der Waals surface area contributed by atoms with Crippen molar-refractivity contribution >= 4 is 23.0 Å². The second kappa shape index (κ2) is 7.31. The van der Waals surface area contributed by atoms with E-state index in [4.69, 9.17) is 27.5 Å². The second-order valence-electron chi connectivity index (χ2n) is 3.31. The molecular formula is C10H17ClN4O2. The molecule has 1 aromatic rings. The Balaban J connectivity index is 2.79. The average molecular weight is 261 g/mol. The summed E-state index contributed by atoms with van der Waals surface area (Å²) in [6.07, 6.45) is 0. The van der Waals surface area contributed by atoms with Crippen LogP contribution in [-0.4, -0.2) is 36.5 Å². The standard InChI is InChI=1S/C10H17ClN4O2/c11-9-7-8(12)1-2-10(9)15(13-3-5-16)14-4-6-17/h1-2,7,13-14,16-17H,3-6,12H2. The zero-order valence-corrected chi connectivity index (χ0v) is 10.1. The molecule has 96 valence electrons. The van der Waals surface area contributed by atoms with Crippen LogP contribution in [0, 0.1) is 0 Å². The number of rotatable bonds is 7. The van der Waals surface area contributed by atoms with E-state index < -0.39 is 0 Å². The van der Waals surface area contributed by atoms with Gasteiger partial charge >= 0.3 is 0 Å². The normalized spacial score (nSPS) is 10.5. The molecule has 0 aliphatic heterocycles. The topological polar surface area (TPSA) is 93.8 Å². The van der Waals surface area contributed by atoms with Crippen LogP contribution < -0.4 is 21.7 Å². The van der Waals surface area contributed by atoms with Crippen LogP contribution in [0.15, 0.2) is 18.2 Å². The molecule has 0 spiro atoms. The molecule has 0 radical (unpaired) electrons. The number of hydrogen-bond acceptors (Lipinski definition) is 6. The van der Waals surface area contributed by atoms with Crippen molar-refractivity contribution in [3.63, 3.8) is 0 Å². The minimum Gasteiger partial charge on any atom is -0.399 e. The van der Waals surface area contributed by atoms with E-state index in [1.165, 1.54) is 0 Å². The molecule has 0 aliphatic rings. The largest absolute Gasteiger partial charge is 0.399 e. The third-order valence-corrected chi connectivity index (χ3v) is 2.28. The lowest BCUT2D eigenvalue weighted by Gasteiger charge is -2.26. The Morgan fingerprint density at radius 3 is 2.24 bits per heavy atom. The van der Waals surface area contributed by atoms with E-state index in [1.54, 1.807) is 23.3 Å². The summed E-state index contributed by atoms with van der Waals surface area (Å²) in [5.74, 6) is 0. The summed E-state index contributed by atoms with van der Waals surface area (Å²) in [6, 6.07) is 5.09. The van der Waals surface area contributed by atoms with Crippen molar-refractivity contribution in [1.82, 2.24) is 10.9 Å². The van der Waals surface area contributed by atoms with Gasteiger partial charge in [-0.25, -0.2) is 16.0 Å². The molecular weight excluding hydrogens is 244 g/mol. The molecule has 1 aromatic carbocycles. The van der Waals surface area contributed by atoms with Crippen LogP contribution in [0.3, 0.4) is 0 Å². The Labute approximate surface area is 105 Å². The molecule has 0 unspecified atom stereocenters. The fraction of sp³-hybridized carbons (Fsp3) is 0.400. The number of hydrogen-bond donors (Lipinski definition) is 5. The van der Waals surface area contributed by atoms with Gasteiger partial charge in [-0.3, -0.25) is 0 Å². The van der Waals surface area contributed by atoms with Crippen molar-refractivity contribution in [2.75, 3.05) is 37.2 Å². The van der Waals surface area contributed by atoms with Crippen LogP contribution in [0.5, 0.6) is 0 Å². The Bertz CT molecular complexity index is 343. The quantitative estimate of drug-likeness (QED) is 0.342. The smallest absolute Gasteiger partial charge is 0.0889 e. The first-order valence-corrected chi connectivity index (χ1v) is 5.60. The molecule has 6 N–H and O–H groups in total. The van der Waals surface area contributed by atoms with E-state index in [0.717, 1.165) is 0 Å². The number of nitrogen functional groups attached to an aromatic ring is 1. The maximum atomic E-state index is 8.78. The third kappa shape index (κ3) is 4.37. The molecule has 0 heterocycles. The molecule has 0 fully saturated rings. The second-order valence-corrected chi connectivity index (χ2v) is 3.72. The van der Waals surface area contributed by atoms with E-state index in [-0.39, 0.29) is 13.2 Å². The van der Waals surface area contributed by atoms with Gasteiger partial charge in [-0.1, -0.05) is 11.6 Å². The third-order valence-electron chi connectivity index (χ3n) is 1.98. The van der Waals surface area contributed by atoms with Crippen LogP contribution in [0.2, 0.25) is 5.02 Å². The maximum Gasteiger partial charge on any atom is 0.0889 e. The molecule has 0 amide bonds. The highest BCUT2D eigenvalue weighted by Crippen LogP contribution is 2.25. The molecule has 0 bridgehead atoms. The van der Waals surface area contributed by atoms with E-state index in [0.29, 0.717) is 29.5 Å². The van der Waals surface area contributed by atoms with Gasteiger partial charge in [0.2, 0.25) is 0 Å². The van der Waals surface area contributed by atoms with Crippen LogP contribution in [0.1, 0.15) is 0 Å². The van der Waals surface area contributed by atoms with Crippen molar-refractivity contribution in [2.45, 2.75) is 0 Å². The minimum absolute atomic E-state index is 0.0100. The summed E-state index contributed by atoms with van der Waals surface area (Å²) in [5, 5.41) is 19.6. The number of anilines is 2. The van der Waals surface area contributed by atoms with Crippen molar-refractivity contribution in [3.05, 3.63) is 23.2 Å². The monoisotopic (exact) mass is 260 g/mol. The van der Waals surface area contributed by atoms with Gasteiger partial charge in [0.15, 0.2) is 0 Å².